The van der Waals surface area contributed by atoms with Gasteiger partial charge in [0.25, 0.3) is 12.8 Å². The second kappa shape index (κ2) is 24.2. The van der Waals surface area contributed by atoms with E-state index in [1.165, 1.54) is 128 Å². The molecular formula is C36H66N2O3. The highest BCUT2D eigenvalue weighted by molar-refractivity contribution is 5.33. The fourth-order valence-corrected chi connectivity index (χ4v) is 5.66. The fraction of sp³-hybridized carbons (Fsp3) is 0.833. The third-order valence-corrected chi connectivity index (χ3v) is 8.46. The minimum absolute atomic E-state index is 0.460. The highest BCUT2D eigenvalue weighted by atomic mass is 16.8. The van der Waals surface area contributed by atoms with E-state index in [0.29, 0.717) is 0 Å². The number of fused-ring (bicyclic) bond motifs is 2. The summed E-state index contributed by atoms with van der Waals surface area (Å²) in [5, 5.41) is 0. The molecule has 0 radical (unpaired) electrons. The molecule has 0 N–H and O–H groups in total. The molecule has 0 spiro atoms. The van der Waals surface area contributed by atoms with Crippen LogP contribution >= 0.6 is 0 Å². The molecule has 0 aliphatic carbocycles. The summed E-state index contributed by atoms with van der Waals surface area (Å²) in [6.07, 6.45) is 28.9. The average molecular weight is 575 g/mol. The van der Waals surface area contributed by atoms with Gasteiger partial charge in [-0.2, -0.15) is 0 Å². The lowest BCUT2D eigenvalue weighted by atomic mass is 10.1. The number of rotatable bonds is 26. The Morgan fingerprint density at radius 2 is 0.805 bits per heavy atom. The van der Waals surface area contributed by atoms with E-state index in [1.807, 2.05) is 24.3 Å². The second-order valence-electron chi connectivity index (χ2n) is 12.5. The van der Waals surface area contributed by atoms with Crippen molar-refractivity contribution in [1.82, 2.24) is 9.80 Å². The second-order valence-corrected chi connectivity index (χ2v) is 12.5. The minimum atomic E-state index is -0.460. The van der Waals surface area contributed by atoms with Crippen LogP contribution in [0.25, 0.3) is 0 Å². The number of nitrogens with zero attached hydrogens (tertiary/aromatic N) is 2. The largest absolute Gasteiger partial charge is 0.451 e. The molecule has 5 nitrogen and oxygen atoms in total. The molecule has 0 fully saturated rings. The van der Waals surface area contributed by atoms with Gasteiger partial charge in [-0.3, -0.25) is 4.74 Å². The Hall–Kier alpha value is -1.30. The predicted molar refractivity (Wildman–Crippen MR) is 175 cm³/mol. The van der Waals surface area contributed by atoms with Crippen molar-refractivity contribution in [1.29, 1.82) is 0 Å². The Labute approximate surface area is 254 Å². The van der Waals surface area contributed by atoms with Gasteiger partial charge in [-0.25, -0.2) is 9.80 Å². The van der Waals surface area contributed by atoms with Crippen LogP contribution in [0.2, 0.25) is 0 Å². The van der Waals surface area contributed by atoms with Crippen LogP contribution in [0.15, 0.2) is 24.3 Å². The maximum atomic E-state index is 6.44. The van der Waals surface area contributed by atoms with E-state index >= 15 is 0 Å². The van der Waals surface area contributed by atoms with Crippen LogP contribution in [0.5, 0.6) is 11.5 Å². The van der Waals surface area contributed by atoms with Crippen LogP contribution in [-0.4, -0.2) is 49.8 Å². The van der Waals surface area contributed by atoms with Gasteiger partial charge in [-0.15, -0.1) is 0 Å². The first-order valence-corrected chi connectivity index (χ1v) is 17.6. The maximum Gasteiger partial charge on any atom is 0.265 e. The van der Waals surface area contributed by atoms with Crippen molar-refractivity contribution < 1.29 is 14.2 Å². The van der Waals surface area contributed by atoms with Crippen LogP contribution < -0.4 is 9.47 Å². The van der Waals surface area contributed by atoms with Crippen molar-refractivity contribution in [2.45, 2.75) is 168 Å². The molecule has 1 aliphatic rings. The van der Waals surface area contributed by atoms with E-state index in [1.54, 1.807) is 0 Å². The normalized spacial score (nSPS) is 16.9. The molecule has 0 amide bonds. The standard InChI is InChI=1S/C36H66N2O3/c1-5-7-9-11-13-15-17-19-21-23-25-30-37(3)35-39-33-28-27-29-34(32-33)40-36(41-35)38(4)31-26-24-22-20-18-16-14-12-10-8-6-2/h27-29,32,35-36H,5-26,30-31H2,1-4H3. The van der Waals surface area contributed by atoms with Gasteiger partial charge in [0.1, 0.15) is 11.5 Å². The highest BCUT2D eigenvalue weighted by Crippen LogP contribution is 2.27. The van der Waals surface area contributed by atoms with E-state index in [2.05, 4.69) is 37.7 Å². The average Bonchev–Trinajstić information content (AvgIpc) is 2.97. The summed E-state index contributed by atoms with van der Waals surface area (Å²) in [5.74, 6) is 1.59. The quantitative estimate of drug-likeness (QED) is 0.103. The third kappa shape index (κ3) is 17.4. The topological polar surface area (TPSA) is 34.2 Å². The van der Waals surface area contributed by atoms with E-state index in [9.17, 15) is 0 Å². The van der Waals surface area contributed by atoms with Crippen molar-refractivity contribution in [2.75, 3.05) is 27.2 Å². The molecule has 2 atom stereocenters. The van der Waals surface area contributed by atoms with Gasteiger partial charge in [-0.05, 0) is 39.1 Å². The summed E-state index contributed by atoms with van der Waals surface area (Å²) in [6.45, 7) is 6.48. The lowest BCUT2D eigenvalue weighted by molar-refractivity contribution is -0.282. The fourth-order valence-electron chi connectivity index (χ4n) is 5.66. The monoisotopic (exact) mass is 575 g/mol. The zero-order valence-corrected chi connectivity index (χ0v) is 27.6. The van der Waals surface area contributed by atoms with Gasteiger partial charge in [0.15, 0.2) is 0 Å². The lowest BCUT2D eigenvalue weighted by Gasteiger charge is -2.36. The van der Waals surface area contributed by atoms with Crippen LogP contribution in [0, 0.1) is 0 Å². The summed E-state index contributed by atoms with van der Waals surface area (Å²) in [6, 6.07) is 7.94. The van der Waals surface area contributed by atoms with Crippen LogP contribution in [0.3, 0.4) is 0 Å². The van der Waals surface area contributed by atoms with Crippen molar-refractivity contribution in [2.24, 2.45) is 0 Å². The van der Waals surface area contributed by atoms with E-state index in [4.69, 9.17) is 14.2 Å². The van der Waals surface area contributed by atoms with Crippen LogP contribution in [0.4, 0.5) is 0 Å². The molecular weight excluding hydrogens is 508 g/mol. The molecule has 2 rings (SSSR count). The van der Waals surface area contributed by atoms with Crippen LogP contribution in [-0.2, 0) is 4.74 Å². The molecule has 0 saturated carbocycles. The molecule has 238 valence electrons. The smallest absolute Gasteiger partial charge is 0.265 e. The first-order valence-electron chi connectivity index (χ1n) is 17.6. The molecule has 2 bridgehead atoms. The van der Waals surface area contributed by atoms with Gasteiger partial charge in [0, 0.05) is 19.2 Å². The van der Waals surface area contributed by atoms with Crippen molar-refractivity contribution in [3.8, 4) is 11.5 Å². The molecule has 5 heteroatoms. The van der Waals surface area contributed by atoms with Crippen molar-refractivity contribution >= 4 is 0 Å². The number of ether oxygens (including phenoxy) is 3. The number of benzene rings is 1. The molecule has 0 aromatic heterocycles. The molecule has 0 saturated heterocycles. The summed E-state index contributed by atoms with van der Waals surface area (Å²) < 4.78 is 19.0. The maximum absolute atomic E-state index is 6.44. The number of unbranched alkanes of at least 4 members (excludes halogenated alkanes) is 20. The zero-order valence-electron chi connectivity index (χ0n) is 27.6. The Balaban J connectivity index is 1.65. The summed E-state index contributed by atoms with van der Waals surface area (Å²) in [7, 11) is 4.21. The molecule has 1 heterocycles. The van der Waals surface area contributed by atoms with Crippen molar-refractivity contribution in [3.05, 3.63) is 24.3 Å². The molecule has 1 aromatic rings. The number of hydrogen-bond acceptors (Lipinski definition) is 5. The Kier molecular flexibility index (Phi) is 21.2. The van der Waals surface area contributed by atoms with Gasteiger partial charge in [0.2, 0.25) is 0 Å². The first-order chi connectivity index (χ1) is 20.1. The highest BCUT2D eigenvalue weighted by Gasteiger charge is 2.28. The van der Waals surface area contributed by atoms with Gasteiger partial charge in [-0.1, -0.05) is 148 Å². The minimum Gasteiger partial charge on any atom is -0.451 e. The lowest BCUT2D eigenvalue weighted by Crippen LogP contribution is -2.49. The van der Waals surface area contributed by atoms with Crippen molar-refractivity contribution in [3.63, 3.8) is 0 Å². The van der Waals surface area contributed by atoms with Gasteiger partial charge >= 0.3 is 0 Å². The summed E-state index contributed by atoms with van der Waals surface area (Å²) in [4.78, 5) is 4.39. The summed E-state index contributed by atoms with van der Waals surface area (Å²) in [5.41, 5.74) is 0. The predicted octanol–water partition coefficient (Wildman–Crippen LogP) is 10.5. The zero-order chi connectivity index (χ0) is 29.4. The van der Waals surface area contributed by atoms with E-state index < -0.39 is 12.8 Å². The first kappa shape index (κ1) is 35.9. The van der Waals surface area contributed by atoms with Gasteiger partial charge < -0.3 is 9.47 Å². The van der Waals surface area contributed by atoms with E-state index in [0.717, 1.165) is 37.4 Å². The molecule has 1 aliphatic heterocycles. The van der Waals surface area contributed by atoms with Gasteiger partial charge in [0.05, 0.1) is 0 Å². The summed E-state index contributed by atoms with van der Waals surface area (Å²) >= 11 is 0. The Morgan fingerprint density at radius 1 is 0.488 bits per heavy atom. The molecule has 41 heavy (non-hydrogen) atoms. The molecule has 1 aromatic carbocycles. The Morgan fingerprint density at radius 3 is 1.15 bits per heavy atom. The Bertz CT molecular complexity index is 675. The SMILES string of the molecule is CCCCCCCCCCCCCN(C)C1Oc2cccc(c2)OC(N(C)CCCCCCCCCCCCC)O1. The molecule has 2 unspecified atom stereocenters. The van der Waals surface area contributed by atoms with E-state index in [-0.39, 0.29) is 0 Å². The third-order valence-electron chi connectivity index (χ3n) is 8.46. The number of hydrogen-bond donors (Lipinski definition) is 0. The van der Waals surface area contributed by atoms with Crippen LogP contribution in [0.1, 0.15) is 155 Å².